The first-order valence-electron chi connectivity index (χ1n) is 5.14. The maximum atomic E-state index is 9.55. The van der Waals surface area contributed by atoms with E-state index in [1.807, 2.05) is 11.9 Å². The van der Waals surface area contributed by atoms with Crippen molar-refractivity contribution in [3.05, 3.63) is 0 Å². The van der Waals surface area contributed by atoms with E-state index in [1.54, 1.807) is 13.8 Å². The van der Waals surface area contributed by atoms with Crippen LogP contribution in [0.2, 0.25) is 0 Å². The van der Waals surface area contributed by atoms with Crippen LogP contribution in [0.5, 0.6) is 0 Å². The van der Waals surface area contributed by atoms with Gasteiger partial charge in [0, 0.05) is 13.1 Å². The lowest BCUT2D eigenvalue weighted by molar-refractivity contribution is 0.0741. The van der Waals surface area contributed by atoms with Gasteiger partial charge in [-0.3, -0.25) is 0 Å². The van der Waals surface area contributed by atoms with E-state index >= 15 is 0 Å². The minimum Gasteiger partial charge on any atom is -0.393 e. The van der Waals surface area contributed by atoms with Crippen molar-refractivity contribution in [1.82, 2.24) is 4.90 Å². The van der Waals surface area contributed by atoms with Gasteiger partial charge in [0.1, 0.15) is 0 Å². The average molecular weight is 205 g/mol. The van der Waals surface area contributed by atoms with Crippen molar-refractivity contribution in [1.29, 1.82) is 0 Å². The molecule has 0 saturated heterocycles. The Kier molecular flexibility index (Phi) is 7.09. The van der Waals surface area contributed by atoms with E-state index in [-0.39, 0.29) is 12.2 Å². The summed E-state index contributed by atoms with van der Waals surface area (Å²) in [6, 6.07) is 0. The predicted octanol–water partition coefficient (Wildman–Crippen LogP) is -0.179. The maximum Gasteiger partial charge on any atom is 0.0668 e. The highest BCUT2D eigenvalue weighted by molar-refractivity contribution is 4.64. The van der Waals surface area contributed by atoms with E-state index in [9.17, 15) is 5.11 Å². The van der Waals surface area contributed by atoms with Crippen molar-refractivity contribution in [2.24, 2.45) is 0 Å². The first-order valence-corrected chi connectivity index (χ1v) is 5.14. The molecule has 0 aromatic carbocycles. The van der Waals surface area contributed by atoms with Crippen LogP contribution in [0.15, 0.2) is 0 Å². The van der Waals surface area contributed by atoms with Gasteiger partial charge in [-0.15, -0.1) is 0 Å². The Bertz CT molecular complexity index is 139. The standard InChI is InChI=1S/C10H23NO3/c1-8(12)4-5-10(14)7-11(3)6-9(2)13/h8-10,12-14H,4-7H2,1-3H3. The highest BCUT2D eigenvalue weighted by atomic mass is 16.3. The van der Waals surface area contributed by atoms with Gasteiger partial charge in [0.05, 0.1) is 18.3 Å². The highest BCUT2D eigenvalue weighted by Crippen LogP contribution is 2.02. The van der Waals surface area contributed by atoms with Crippen molar-refractivity contribution in [2.45, 2.75) is 45.0 Å². The first-order chi connectivity index (χ1) is 6.41. The van der Waals surface area contributed by atoms with Crippen LogP contribution in [0.3, 0.4) is 0 Å². The van der Waals surface area contributed by atoms with Crippen LogP contribution >= 0.6 is 0 Å². The zero-order chi connectivity index (χ0) is 11.1. The number of aliphatic hydroxyl groups is 3. The summed E-state index contributed by atoms with van der Waals surface area (Å²) in [5, 5.41) is 27.7. The molecule has 0 bridgehead atoms. The molecule has 0 spiro atoms. The molecular formula is C10H23NO3. The van der Waals surface area contributed by atoms with Crippen LogP contribution < -0.4 is 0 Å². The fourth-order valence-electron chi connectivity index (χ4n) is 1.41. The summed E-state index contributed by atoms with van der Waals surface area (Å²) in [6.45, 7) is 4.54. The Balaban J connectivity index is 3.55. The summed E-state index contributed by atoms with van der Waals surface area (Å²) in [5.74, 6) is 0. The van der Waals surface area contributed by atoms with Crippen molar-refractivity contribution in [2.75, 3.05) is 20.1 Å². The second kappa shape index (κ2) is 7.17. The molecular weight excluding hydrogens is 182 g/mol. The fourth-order valence-corrected chi connectivity index (χ4v) is 1.41. The van der Waals surface area contributed by atoms with Gasteiger partial charge in [-0.25, -0.2) is 0 Å². The molecule has 0 fully saturated rings. The van der Waals surface area contributed by atoms with E-state index in [4.69, 9.17) is 10.2 Å². The number of hydrogen-bond donors (Lipinski definition) is 3. The Labute approximate surface area is 86.2 Å². The van der Waals surface area contributed by atoms with E-state index in [1.165, 1.54) is 0 Å². The monoisotopic (exact) mass is 205 g/mol. The molecule has 0 amide bonds. The topological polar surface area (TPSA) is 63.9 Å². The van der Waals surface area contributed by atoms with Crippen molar-refractivity contribution < 1.29 is 15.3 Å². The van der Waals surface area contributed by atoms with Gasteiger partial charge < -0.3 is 20.2 Å². The van der Waals surface area contributed by atoms with Gasteiger partial charge >= 0.3 is 0 Å². The molecule has 0 saturated carbocycles. The molecule has 3 atom stereocenters. The zero-order valence-corrected chi connectivity index (χ0v) is 9.35. The van der Waals surface area contributed by atoms with Gasteiger partial charge in [-0.1, -0.05) is 0 Å². The lowest BCUT2D eigenvalue weighted by atomic mass is 10.1. The third-order valence-electron chi connectivity index (χ3n) is 2.02. The summed E-state index contributed by atoms with van der Waals surface area (Å²) >= 11 is 0. The van der Waals surface area contributed by atoms with Crippen LogP contribution in [-0.2, 0) is 0 Å². The summed E-state index contributed by atoms with van der Waals surface area (Å²) in [5.41, 5.74) is 0. The summed E-state index contributed by atoms with van der Waals surface area (Å²) < 4.78 is 0. The van der Waals surface area contributed by atoms with E-state index in [2.05, 4.69) is 0 Å². The Morgan fingerprint density at radius 1 is 0.929 bits per heavy atom. The van der Waals surface area contributed by atoms with Crippen LogP contribution in [0.1, 0.15) is 26.7 Å². The third kappa shape index (κ3) is 8.44. The smallest absolute Gasteiger partial charge is 0.0668 e. The van der Waals surface area contributed by atoms with Crippen molar-refractivity contribution in [3.8, 4) is 0 Å². The number of likely N-dealkylation sites (N-methyl/N-ethyl adjacent to an activating group) is 1. The number of aliphatic hydroxyl groups excluding tert-OH is 3. The molecule has 86 valence electrons. The molecule has 14 heavy (non-hydrogen) atoms. The zero-order valence-electron chi connectivity index (χ0n) is 9.35. The fraction of sp³-hybridized carbons (Fsp3) is 1.00. The molecule has 0 aliphatic heterocycles. The van der Waals surface area contributed by atoms with Gasteiger partial charge in [0.15, 0.2) is 0 Å². The molecule has 0 aromatic rings. The molecule has 3 unspecified atom stereocenters. The molecule has 0 rings (SSSR count). The van der Waals surface area contributed by atoms with E-state index in [0.717, 1.165) is 0 Å². The Morgan fingerprint density at radius 3 is 1.93 bits per heavy atom. The predicted molar refractivity (Wildman–Crippen MR) is 56.1 cm³/mol. The quantitative estimate of drug-likeness (QED) is 0.539. The summed E-state index contributed by atoms with van der Waals surface area (Å²) in [4.78, 5) is 1.89. The molecule has 0 radical (unpaired) electrons. The Hall–Kier alpha value is -0.160. The lowest BCUT2D eigenvalue weighted by Crippen LogP contribution is -2.34. The molecule has 3 N–H and O–H groups in total. The molecule has 0 aliphatic carbocycles. The normalized spacial score (nSPS) is 18.2. The van der Waals surface area contributed by atoms with Crippen LogP contribution in [0.25, 0.3) is 0 Å². The minimum absolute atomic E-state index is 0.355. The molecule has 0 aliphatic rings. The number of nitrogens with zero attached hydrogens (tertiary/aromatic N) is 1. The van der Waals surface area contributed by atoms with Gasteiger partial charge in [-0.05, 0) is 33.7 Å². The molecule has 4 heteroatoms. The van der Waals surface area contributed by atoms with Crippen LogP contribution in [0.4, 0.5) is 0 Å². The Morgan fingerprint density at radius 2 is 1.50 bits per heavy atom. The van der Waals surface area contributed by atoms with Gasteiger partial charge in [0.25, 0.3) is 0 Å². The average Bonchev–Trinajstić information content (AvgIpc) is 1.98. The third-order valence-corrected chi connectivity index (χ3v) is 2.02. The van der Waals surface area contributed by atoms with Crippen LogP contribution in [0, 0.1) is 0 Å². The highest BCUT2D eigenvalue weighted by Gasteiger charge is 2.10. The van der Waals surface area contributed by atoms with E-state index < -0.39 is 6.10 Å². The molecule has 4 nitrogen and oxygen atoms in total. The summed E-state index contributed by atoms with van der Waals surface area (Å²) in [6.07, 6.45) is 0.0648. The largest absolute Gasteiger partial charge is 0.393 e. The molecule has 0 aromatic heterocycles. The van der Waals surface area contributed by atoms with E-state index in [0.29, 0.717) is 25.9 Å². The lowest BCUT2D eigenvalue weighted by Gasteiger charge is -2.21. The van der Waals surface area contributed by atoms with Crippen LogP contribution in [-0.4, -0.2) is 58.7 Å². The second-order valence-corrected chi connectivity index (χ2v) is 4.15. The maximum absolute atomic E-state index is 9.55. The van der Waals surface area contributed by atoms with Gasteiger partial charge in [0.2, 0.25) is 0 Å². The van der Waals surface area contributed by atoms with Crippen molar-refractivity contribution >= 4 is 0 Å². The molecule has 0 heterocycles. The first kappa shape index (κ1) is 13.8. The minimum atomic E-state index is -0.423. The van der Waals surface area contributed by atoms with Crippen molar-refractivity contribution in [3.63, 3.8) is 0 Å². The van der Waals surface area contributed by atoms with Gasteiger partial charge in [-0.2, -0.15) is 0 Å². The summed E-state index contributed by atoms with van der Waals surface area (Å²) in [7, 11) is 1.86. The number of hydrogen-bond acceptors (Lipinski definition) is 4. The SMILES string of the molecule is CC(O)CCC(O)CN(C)CC(C)O. The number of rotatable bonds is 7. The second-order valence-electron chi connectivity index (χ2n) is 4.15.